The molecule has 1 saturated heterocycles. The average molecular weight is 294 g/mol. The highest BCUT2D eigenvalue weighted by Crippen LogP contribution is 2.17. The number of nitrogens with zero attached hydrogens (tertiary/aromatic N) is 3. The third kappa shape index (κ3) is 4.02. The van der Waals surface area contributed by atoms with E-state index in [4.69, 9.17) is 0 Å². The maximum absolute atomic E-state index is 11.6. The predicted molar refractivity (Wildman–Crippen MR) is 72.9 cm³/mol. The summed E-state index contributed by atoms with van der Waals surface area (Å²) in [5, 5.41) is 2.44. The highest BCUT2D eigenvalue weighted by atomic mass is 32.2. The number of aromatic nitrogens is 2. The van der Waals surface area contributed by atoms with Crippen molar-refractivity contribution < 1.29 is 14.4 Å². The van der Waals surface area contributed by atoms with Crippen molar-refractivity contribution in [2.24, 2.45) is 0 Å². The summed E-state index contributed by atoms with van der Waals surface area (Å²) in [6.07, 6.45) is 5.65. The van der Waals surface area contributed by atoms with E-state index in [0.717, 1.165) is 22.2 Å². The van der Waals surface area contributed by atoms with E-state index in [-0.39, 0.29) is 35.9 Å². The van der Waals surface area contributed by atoms with Crippen molar-refractivity contribution in [3.63, 3.8) is 0 Å². The number of imide groups is 1. The van der Waals surface area contributed by atoms with Crippen molar-refractivity contribution in [3.05, 3.63) is 24.3 Å². The van der Waals surface area contributed by atoms with Crippen LogP contribution in [-0.4, -0.2) is 50.8 Å². The molecule has 0 unspecified atom stereocenters. The third-order valence-electron chi connectivity index (χ3n) is 2.75. The fourth-order valence-electron chi connectivity index (χ4n) is 1.71. The Morgan fingerprint density at radius 1 is 1.35 bits per heavy atom. The minimum atomic E-state index is -0.245. The zero-order valence-electron chi connectivity index (χ0n) is 10.7. The molecular formula is C12H14N4O3S. The van der Waals surface area contributed by atoms with Crippen LogP contribution in [0.4, 0.5) is 4.79 Å². The van der Waals surface area contributed by atoms with Gasteiger partial charge in [-0.15, -0.1) is 0 Å². The maximum Gasteiger partial charge on any atom is 0.288 e. The van der Waals surface area contributed by atoms with Crippen molar-refractivity contribution in [1.82, 2.24) is 20.2 Å². The van der Waals surface area contributed by atoms with Crippen LogP contribution in [0.1, 0.15) is 12.0 Å². The smallest absolute Gasteiger partial charge is 0.288 e. The molecule has 1 aromatic rings. The van der Waals surface area contributed by atoms with Gasteiger partial charge in [0.2, 0.25) is 11.8 Å². The molecule has 0 aromatic carbocycles. The van der Waals surface area contributed by atoms with Crippen molar-refractivity contribution >= 4 is 28.8 Å². The Labute approximate surface area is 120 Å². The second-order valence-corrected chi connectivity index (χ2v) is 5.12. The van der Waals surface area contributed by atoms with E-state index in [2.05, 4.69) is 15.3 Å². The number of aryl methyl sites for hydroxylation is 1. The van der Waals surface area contributed by atoms with Gasteiger partial charge in [0.25, 0.3) is 5.24 Å². The largest absolute Gasteiger partial charge is 0.354 e. The minimum absolute atomic E-state index is 0.124. The van der Waals surface area contributed by atoms with Crippen molar-refractivity contribution in [1.29, 1.82) is 0 Å². The summed E-state index contributed by atoms with van der Waals surface area (Å²) in [5.74, 6) is -0.128. The van der Waals surface area contributed by atoms with Gasteiger partial charge in [0, 0.05) is 31.9 Å². The molecule has 1 fully saturated rings. The van der Waals surface area contributed by atoms with Crippen LogP contribution in [0.3, 0.4) is 0 Å². The van der Waals surface area contributed by atoms with Crippen LogP contribution in [0.15, 0.2) is 18.7 Å². The van der Waals surface area contributed by atoms with Gasteiger partial charge in [-0.1, -0.05) is 11.8 Å². The van der Waals surface area contributed by atoms with Gasteiger partial charge in [-0.2, -0.15) is 0 Å². The summed E-state index contributed by atoms with van der Waals surface area (Å²) < 4.78 is 0. The monoisotopic (exact) mass is 294 g/mol. The van der Waals surface area contributed by atoms with Crippen LogP contribution < -0.4 is 5.32 Å². The first kappa shape index (κ1) is 14.4. The number of thioether (sulfide) groups is 1. The first-order chi connectivity index (χ1) is 9.66. The second kappa shape index (κ2) is 6.99. The van der Waals surface area contributed by atoms with Crippen LogP contribution in [-0.2, 0) is 16.0 Å². The number of amides is 3. The summed E-state index contributed by atoms with van der Waals surface area (Å²) in [6, 6.07) is 0. The Bertz CT molecular complexity index is 493. The molecule has 1 aromatic heterocycles. The van der Waals surface area contributed by atoms with Crippen LogP contribution in [0.2, 0.25) is 0 Å². The number of nitrogens with one attached hydrogen (secondary N) is 1. The molecule has 0 saturated carbocycles. The van der Waals surface area contributed by atoms with Gasteiger partial charge in [0.1, 0.15) is 6.33 Å². The molecule has 0 atom stereocenters. The molecule has 20 heavy (non-hydrogen) atoms. The highest BCUT2D eigenvalue weighted by molar-refractivity contribution is 8.14. The topological polar surface area (TPSA) is 92.3 Å². The fourth-order valence-corrected chi connectivity index (χ4v) is 2.46. The highest BCUT2D eigenvalue weighted by Gasteiger charge is 2.29. The quantitative estimate of drug-likeness (QED) is 0.807. The molecule has 0 bridgehead atoms. The van der Waals surface area contributed by atoms with E-state index in [1.807, 2.05) is 0 Å². The lowest BCUT2D eigenvalue weighted by molar-refractivity contribution is -0.125. The number of carbonyl (C=O) groups excluding carboxylic acids is 3. The summed E-state index contributed by atoms with van der Waals surface area (Å²) >= 11 is 0.991. The number of carbonyl (C=O) groups is 3. The number of rotatable bonds is 6. The van der Waals surface area contributed by atoms with Gasteiger partial charge in [-0.3, -0.25) is 19.3 Å². The second-order valence-electron chi connectivity index (χ2n) is 4.20. The lowest BCUT2D eigenvalue weighted by Crippen LogP contribution is -2.37. The first-order valence-corrected chi connectivity index (χ1v) is 7.13. The molecule has 3 amide bonds. The van der Waals surface area contributed by atoms with E-state index in [9.17, 15) is 14.4 Å². The van der Waals surface area contributed by atoms with Gasteiger partial charge >= 0.3 is 0 Å². The predicted octanol–water partition coefficient (Wildman–Crippen LogP) is 0.221. The van der Waals surface area contributed by atoms with Crippen molar-refractivity contribution in [2.45, 2.75) is 12.8 Å². The van der Waals surface area contributed by atoms with Crippen LogP contribution in [0.25, 0.3) is 0 Å². The Morgan fingerprint density at radius 2 is 2.10 bits per heavy atom. The zero-order valence-corrected chi connectivity index (χ0v) is 11.6. The average Bonchev–Trinajstić information content (AvgIpc) is 2.78. The first-order valence-electron chi connectivity index (χ1n) is 6.14. The molecule has 2 rings (SSSR count). The Hall–Kier alpha value is -1.96. The number of hydrogen-bond donors (Lipinski definition) is 1. The summed E-state index contributed by atoms with van der Waals surface area (Å²) in [5.41, 5.74) is 0.893. The lowest BCUT2D eigenvalue weighted by atomic mass is 10.2. The molecule has 1 aliphatic rings. The molecule has 0 radical (unpaired) electrons. The third-order valence-corrected chi connectivity index (χ3v) is 3.61. The Kier molecular flexibility index (Phi) is 5.05. The molecule has 8 heteroatoms. The standard InChI is InChI=1S/C12H14N4O3S/c17-10(2-1-9-5-13-8-14-6-9)15-3-4-16-11(18)7-20-12(16)19/h5-6,8H,1-4,7H2,(H,15,17). The molecule has 0 spiro atoms. The number of hydrogen-bond acceptors (Lipinski definition) is 6. The van der Waals surface area contributed by atoms with E-state index < -0.39 is 0 Å². The van der Waals surface area contributed by atoms with E-state index in [1.54, 1.807) is 12.4 Å². The van der Waals surface area contributed by atoms with E-state index >= 15 is 0 Å². The zero-order chi connectivity index (χ0) is 14.4. The van der Waals surface area contributed by atoms with Crippen molar-refractivity contribution in [3.8, 4) is 0 Å². The van der Waals surface area contributed by atoms with Gasteiger partial charge < -0.3 is 5.32 Å². The van der Waals surface area contributed by atoms with Crippen LogP contribution >= 0.6 is 11.8 Å². The van der Waals surface area contributed by atoms with Gasteiger partial charge in [0.15, 0.2) is 0 Å². The van der Waals surface area contributed by atoms with Gasteiger partial charge in [0.05, 0.1) is 5.75 Å². The molecule has 1 aliphatic heterocycles. The summed E-state index contributed by atoms with van der Waals surface area (Å²) in [4.78, 5) is 43.1. The SMILES string of the molecule is O=C(CCc1cncnc1)NCCN1C(=O)CSC1=O. The van der Waals surface area contributed by atoms with E-state index in [0.29, 0.717) is 12.8 Å². The van der Waals surface area contributed by atoms with Crippen molar-refractivity contribution in [2.75, 3.05) is 18.8 Å². The maximum atomic E-state index is 11.6. The van der Waals surface area contributed by atoms with Crippen LogP contribution in [0, 0.1) is 0 Å². The lowest BCUT2D eigenvalue weighted by Gasteiger charge is -2.13. The molecular weight excluding hydrogens is 280 g/mol. The molecule has 106 valence electrons. The Morgan fingerprint density at radius 3 is 2.75 bits per heavy atom. The van der Waals surface area contributed by atoms with Crippen LogP contribution in [0.5, 0.6) is 0 Å². The minimum Gasteiger partial charge on any atom is -0.354 e. The summed E-state index contributed by atoms with van der Waals surface area (Å²) in [7, 11) is 0. The molecule has 7 nitrogen and oxygen atoms in total. The Balaban J connectivity index is 1.65. The molecule has 0 aliphatic carbocycles. The van der Waals surface area contributed by atoms with Gasteiger partial charge in [-0.05, 0) is 12.0 Å². The summed E-state index contributed by atoms with van der Waals surface area (Å²) in [6.45, 7) is 0.507. The fraction of sp³-hybridized carbons (Fsp3) is 0.417. The normalized spacial score (nSPS) is 14.7. The van der Waals surface area contributed by atoms with Gasteiger partial charge in [-0.25, -0.2) is 9.97 Å². The molecule has 1 N–H and O–H groups in total. The molecule has 2 heterocycles. The van der Waals surface area contributed by atoms with E-state index in [1.165, 1.54) is 6.33 Å².